The van der Waals surface area contributed by atoms with Crippen molar-refractivity contribution in [2.75, 3.05) is 6.54 Å². The van der Waals surface area contributed by atoms with Crippen molar-refractivity contribution in [3.63, 3.8) is 0 Å². The molecule has 0 atom stereocenters. The third kappa shape index (κ3) is 5.69. The molecule has 20 heavy (non-hydrogen) atoms. The monoisotopic (exact) mass is 273 g/mol. The summed E-state index contributed by atoms with van der Waals surface area (Å²) in [7, 11) is 0. The number of hydrogen-bond acceptors (Lipinski definition) is 2. The predicted molar refractivity (Wildman–Crippen MR) is 82.3 cm³/mol. The first-order chi connectivity index (χ1) is 9.67. The van der Waals surface area contributed by atoms with E-state index in [9.17, 15) is 4.79 Å². The van der Waals surface area contributed by atoms with Crippen LogP contribution in [0.3, 0.4) is 0 Å². The van der Waals surface area contributed by atoms with Crippen LogP contribution < -0.4 is 5.32 Å². The molecule has 0 aliphatic rings. The average molecular weight is 273 g/mol. The summed E-state index contributed by atoms with van der Waals surface area (Å²) >= 11 is 0. The maximum Gasteiger partial charge on any atom is 0.216 e. The number of benzene rings is 1. The Hall–Kier alpha value is -2.10. The molecule has 0 bridgehead atoms. The van der Waals surface area contributed by atoms with Crippen molar-refractivity contribution < 1.29 is 4.79 Å². The summed E-state index contributed by atoms with van der Waals surface area (Å²) in [6.45, 7) is 7.05. The zero-order chi connectivity index (χ0) is 14.8. The molecular formula is C16H23N3O. The molecule has 0 aliphatic heterocycles. The first kappa shape index (κ1) is 16.0. The lowest BCUT2D eigenvalue weighted by molar-refractivity contribution is -0.118. The predicted octanol–water partition coefficient (Wildman–Crippen LogP) is 3.10. The van der Waals surface area contributed by atoms with E-state index < -0.39 is 0 Å². The first-order valence-corrected chi connectivity index (χ1v) is 6.99. The molecular weight excluding hydrogens is 250 g/mol. The van der Waals surface area contributed by atoms with Crippen molar-refractivity contribution in [3.8, 4) is 11.1 Å². The van der Waals surface area contributed by atoms with Crippen molar-refractivity contribution in [1.29, 1.82) is 0 Å². The number of nitrogens with one attached hydrogen (secondary N) is 1. The smallest absolute Gasteiger partial charge is 0.216 e. The highest BCUT2D eigenvalue weighted by atomic mass is 16.1. The van der Waals surface area contributed by atoms with Gasteiger partial charge in [0.15, 0.2) is 0 Å². The van der Waals surface area contributed by atoms with Crippen LogP contribution in [0.5, 0.6) is 0 Å². The largest absolute Gasteiger partial charge is 0.354 e. The average Bonchev–Trinajstić information content (AvgIpc) is 2.89. The molecule has 0 spiro atoms. The molecule has 1 N–H and O–H groups in total. The Labute approximate surface area is 120 Å². The zero-order valence-corrected chi connectivity index (χ0v) is 12.5. The van der Waals surface area contributed by atoms with Crippen molar-refractivity contribution >= 4 is 5.91 Å². The molecule has 1 heterocycles. The van der Waals surface area contributed by atoms with E-state index in [1.807, 2.05) is 35.3 Å². The highest BCUT2D eigenvalue weighted by molar-refractivity contribution is 5.72. The third-order valence-corrected chi connectivity index (χ3v) is 2.46. The van der Waals surface area contributed by atoms with Crippen molar-refractivity contribution in [1.82, 2.24) is 15.1 Å². The number of hydrogen-bond donors (Lipinski definition) is 1. The summed E-state index contributed by atoms with van der Waals surface area (Å²) in [5.41, 5.74) is 2.24. The lowest BCUT2D eigenvalue weighted by atomic mass is 10.1. The number of nitrogens with zero attached hydrogens (tertiary/aromatic N) is 2. The van der Waals surface area contributed by atoms with E-state index in [1.54, 1.807) is 0 Å². The summed E-state index contributed by atoms with van der Waals surface area (Å²) in [6, 6.07) is 10.1. The van der Waals surface area contributed by atoms with E-state index >= 15 is 0 Å². The van der Waals surface area contributed by atoms with Crippen LogP contribution in [-0.4, -0.2) is 22.2 Å². The van der Waals surface area contributed by atoms with E-state index in [4.69, 9.17) is 0 Å². The van der Waals surface area contributed by atoms with E-state index in [0.717, 1.165) is 11.1 Å². The highest BCUT2D eigenvalue weighted by Crippen LogP contribution is 2.17. The molecule has 2 rings (SSSR count). The molecule has 4 nitrogen and oxygen atoms in total. The van der Waals surface area contributed by atoms with E-state index in [1.165, 1.54) is 13.3 Å². The molecule has 0 saturated heterocycles. The summed E-state index contributed by atoms with van der Waals surface area (Å²) < 4.78 is 1.83. The third-order valence-electron chi connectivity index (χ3n) is 2.46. The van der Waals surface area contributed by atoms with Crippen molar-refractivity contribution in [3.05, 3.63) is 42.7 Å². The van der Waals surface area contributed by atoms with Gasteiger partial charge in [0.1, 0.15) is 0 Å². The SMILES string of the molecule is CC(=O)NCCn1cc(-c2ccccc2)cn1.CCC. The fourth-order valence-electron chi connectivity index (χ4n) is 1.61. The Kier molecular flexibility index (Phi) is 7.11. The first-order valence-electron chi connectivity index (χ1n) is 6.99. The van der Waals surface area contributed by atoms with Crippen LogP contribution in [0, 0.1) is 0 Å². The zero-order valence-electron chi connectivity index (χ0n) is 12.5. The quantitative estimate of drug-likeness (QED) is 0.930. The van der Waals surface area contributed by atoms with Gasteiger partial charge in [-0.15, -0.1) is 0 Å². The van der Waals surface area contributed by atoms with Crippen molar-refractivity contribution in [2.45, 2.75) is 33.7 Å². The molecule has 0 saturated carbocycles. The second kappa shape index (κ2) is 8.91. The van der Waals surface area contributed by atoms with Crippen LogP contribution in [0.4, 0.5) is 0 Å². The minimum atomic E-state index is -0.0135. The molecule has 0 radical (unpaired) electrons. The van der Waals surface area contributed by atoms with Gasteiger partial charge in [0.25, 0.3) is 0 Å². The van der Waals surface area contributed by atoms with Gasteiger partial charge in [-0.1, -0.05) is 50.6 Å². The minimum Gasteiger partial charge on any atom is -0.354 e. The Morgan fingerprint density at radius 3 is 2.45 bits per heavy atom. The molecule has 2 aromatic rings. The number of amides is 1. The van der Waals surface area contributed by atoms with Gasteiger partial charge in [0, 0.05) is 25.2 Å². The van der Waals surface area contributed by atoms with Crippen LogP contribution in [0.15, 0.2) is 42.7 Å². The summed E-state index contributed by atoms with van der Waals surface area (Å²) in [4.78, 5) is 10.7. The molecule has 0 fully saturated rings. The van der Waals surface area contributed by atoms with Gasteiger partial charge in [-0.25, -0.2) is 0 Å². The van der Waals surface area contributed by atoms with E-state index in [-0.39, 0.29) is 5.91 Å². The minimum absolute atomic E-state index is 0.0135. The van der Waals surface area contributed by atoms with Crippen LogP contribution in [0.25, 0.3) is 11.1 Å². The number of rotatable bonds is 4. The second-order valence-corrected chi connectivity index (χ2v) is 4.55. The Morgan fingerprint density at radius 2 is 1.85 bits per heavy atom. The Morgan fingerprint density at radius 1 is 1.20 bits per heavy atom. The van der Waals surface area contributed by atoms with Gasteiger partial charge >= 0.3 is 0 Å². The van der Waals surface area contributed by atoms with Crippen LogP contribution in [0.2, 0.25) is 0 Å². The van der Waals surface area contributed by atoms with Crippen molar-refractivity contribution in [2.24, 2.45) is 0 Å². The van der Waals surface area contributed by atoms with E-state index in [0.29, 0.717) is 13.1 Å². The lowest BCUT2D eigenvalue weighted by Crippen LogP contribution is -2.24. The Bertz CT molecular complexity index is 505. The molecule has 0 unspecified atom stereocenters. The maximum atomic E-state index is 10.7. The van der Waals surface area contributed by atoms with Crippen LogP contribution in [-0.2, 0) is 11.3 Å². The van der Waals surface area contributed by atoms with Gasteiger partial charge in [-0.2, -0.15) is 5.10 Å². The lowest BCUT2D eigenvalue weighted by Gasteiger charge is -2.01. The summed E-state index contributed by atoms with van der Waals surface area (Å²) in [6.07, 6.45) is 5.07. The van der Waals surface area contributed by atoms with E-state index in [2.05, 4.69) is 36.4 Å². The summed E-state index contributed by atoms with van der Waals surface area (Å²) in [5.74, 6) is -0.0135. The number of carbonyl (C=O) groups is 1. The molecule has 1 aromatic carbocycles. The van der Waals surface area contributed by atoms with Gasteiger partial charge in [0.2, 0.25) is 5.91 Å². The number of aromatic nitrogens is 2. The Balaban J connectivity index is 0.000000612. The van der Waals surface area contributed by atoms with Gasteiger partial charge in [-0.05, 0) is 5.56 Å². The van der Waals surface area contributed by atoms with Gasteiger partial charge in [-0.3, -0.25) is 9.48 Å². The maximum absolute atomic E-state index is 10.7. The topological polar surface area (TPSA) is 46.9 Å². The fraction of sp³-hybridized carbons (Fsp3) is 0.375. The molecule has 4 heteroatoms. The van der Waals surface area contributed by atoms with Gasteiger partial charge < -0.3 is 5.32 Å². The highest BCUT2D eigenvalue weighted by Gasteiger charge is 2.00. The fourth-order valence-corrected chi connectivity index (χ4v) is 1.61. The number of carbonyl (C=O) groups excluding carboxylic acids is 1. The van der Waals surface area contributed by atoms with Crippen LogP contribution >= 0.6 is 0 Å². The van der Waals surface area contributed by atoms with Crippen LogP contribution in [0.1, 0.15) is 27.2 Å². The van der Waals surface area contributed by atoms with Gasteiger partial charge in [0.05, 0.1) is 12.7 Å². The summed E-state index contributed by atoms with van der Waals surface area (Å²) in [5, 5.41) is 7.00. The molecule has 0 aliphatic carbocycles. The molecule has 108 valence electrons. The second-order valence-electron chi connectivity index (χ2n) is 4.55. The standard InChI is InChI=1S/C13H15N3O.C3H8/c1-11(17)14-7-8-16-10-13(9-15-16)12-5-3-2-4-6-12;1-3-2/h2-6,9-10H,7-8H2,1H3,(H,14,17);3H2,1-2H3. The normalized spacial score (nSPS) is 9.55. The molecule has 1 amide bonds. The molecule has 1 aromatic heterocycles.